The van der Waals surface area contributed by atoms with Gasteiger partial charge in [-0.25, -0.2) is 14.2 Å². The van der Waals surface area contributed by atoms with Gasteiger partial charge < -0.3 is 9.84 Å². The van der Waals surface area contributed by atoms with E-state index in [0.29, 0.717) is 10.7 Å². The summed E-state index contributed by atoms with van der Waals surface area (Å²) in [6.45, 7) is 1.87. The second kappa shape index (κ2) is 7.96. The number of methoxy groups -OCH3 is 1. The van der Waals surface area contributed by atoms with Gasteiger partial charge in [-0.3, -0.25) is 5.43 Å². The van der Waals surface area contributed by atoms with E-state index in [1.807, 2.05) is 12.3 Å². The van der Waals surface area contributed by atoms with E-state index in [2.05, 4.69) is 20.2 Å². The molecular weight excluding hydrogens is 369 g/mol. The van der Waals surface area contributed by atoms with Crippen molar-refractivity contribution in [2.24, 2.45) is 5.10 Å². The molecule has 3 aromatic rings. The number of nitrogens with zero attached hydrogens (tertiary/aromatic N) is 2. The minimum atomic E-state index is -0.587. The number of carbonyl (C=O) groups is 1. The van der Waals surface area contributed by atoms with Gasteiger partial charge in [0.15, 0.2) is 0 Å². The summed E-state index contributed by atoms with van der Waals surface area (Å²) in [5.41, 5.74) is 4.56. The summed E-state index contributed by atoms with van der Waals surface area (Å²) >= 11 is 1.41. The Morgan fingerprint density at radius 2 is 2.15 bits per heavy atom. The Balaban J connectivity index is 1.92. The number of aryl methyl sites for hydroxylation is 1. The highest BCUT2D eigenvalue weighted by molar-refractivity contribution is 7.13. The number of ether oxygens (including phenoxy) is 1. The molecule has 0 saturated heterocycles. The number of phenols is 1. The van der Waals surface area contributed by atoms with Crippen molar-refractivity contribution >= 4 is 28.7 Å². The number of anilines is 1. The van der Waals surface area contributed by atoms with E-state index in [-0.39, 0.29) is 22.4 Å². The lowest BCUT2D eigenvalue weighted by Gasteiger charge is -2.10. The molecule has 6 nitrogen and oxygen atoms in total. The molecule has 3 rings (SSSR count). The molecule has 27 heavy (non-hydrogen) atoms. The number of hydrogen-bond donors (Lipinski definition) is 2. The molecule has 0 radical (unpaired) electrons. The van der Waals surface area contributed by atoms with E-state index in [1.54, 1.807) is 18.2 Å². The van der Waals surface area contributed by atoms with Gasteiger partial charge in [0.2, 0.25) is 5.13 Å². The second-order valence-electron chi connectivity index (χ2n) is 5.59. The van der Waals surface area contributed by atoms with Crippen LogP contribution in [0.5, 0.6) is 5.75 Å². The molecular formula is C19H16FN3O3S. The molecule has 0 spiro atoms. The molecule has 138 valence electrons. The third-order valence-corrected chi connectivity index (χ3v) is 4.59. The summed E-state index contributed by atoms with van der Waals surface area (Å²) in [5.74, 6) is -1.31. The maximum absolute atomic E-state index is 14.3. The molecule has 0 unspecified atom stereocenters. The minimum Gasteiger partial charge on any atom is -0.507 e. The maximum atomic E-state index is 14.3. The van der Waals surface area contributed by atoms with E-state index in [9.17, 15) is 14.3 Å². The number of aromatic hydroxyl groups is 1. The van der Waals surface area contributed by atoms with Crippen LogP contribution in [0.3, 0.4) is 0 Å². The number of para-hydroxylation sites is 1. The Hall–Kier alpha value is -3.26. The summed E-state index contributed by atoms with van der Waals surface area (Å²) < 4.78 is 19.0. The van der Waals surface area contributed by atoms with Crippen molar-refractivity contribution in [1.29, 1.82) is 0 Å². The van der Waals surface area contributed by atoms with E-state index >= 15 is 0 Å². The molecule has 0 saturated carbocycles. The number of thiazole rings is 1. The number of benzene rings is 2. The fourth-order valence-corrected chi connectivity index (χ4v) is 3.06. The van der Waals surface area contributed by atoms with Crippen LogP contribution < -0.4 is 5.43 Å². The van der Waals surface area contributed by atoms with Crippen LogP contribution in [0, 0.1) is 12.7 Å². The Morgan fingerprint density at radius 1 is 1.33 bits per heavy atom. The number of hydrazone groups is 1. The van der Waals surface area contributed by atoms with E-state index in [0.717, 1.165) is 11.8 Å². The van der Waals surface area contributed by atoms with Crippen molar-refractivity contribution in [3.05, 3.63) is 64.4 Å². The Morgan fingerprint density at radius 3 is 2.85 bits per heavy atom. The van der Waals surface area contributed by atoms with Crippen molar-refractivity contribution in [1.82, 2.24) is 4.98 Å². The Kier molecular flexibility index (Phi) is 5.46. The van der Waals surface area contributed by atoms with Gasteiger partial charge >= 0.3 is 5.97 Å². The number of esters is 1. The van der Waals surface area contributed by atoms with Gasteiger partial charge in [-0.1, -0.05) is 12.1 Å². The fraction of sp³-hybridized carbons (Fsp3) is 0.105. The van der Waals surface area contributed by atoms with Crippen LogP contribution in [-0.4, -0.2) is 29.4 Å². The van der Waals surface area contributed by atoms with Crippen molar-refractivity contribution in [2.45, 2.75) is 6.92 Å². The number of nitrogens with one attached hydrogen (secondary N) is 1. The quantitative estimate of drug-likeness (QED) is 0.391. The van der Waals surface area contributed by atoms with Crippen LogP contribution in [0.15, 0.2) is 46.9 Å². The van der Waals surface area contributed by atoms with Crippen molar-refractivity contribution < 1.29 is 19.0 Å². The molecule has 8 heteroatoms. The number of hydrogen-bond acceptors (Lipinski definition) is 7. The van der Waals surface area contributed by atoms with Crippen molar-refractivity contribution in [2.75, 3.05) is 12.5 Å². The molecule has 0 aliphatic rings. The van der Waals surface area contributed by atoms with Crippen molar-refractivity contribution in [3.63, 3.8) is 0 Å². The Labute approximate surface area is 159 Å². The predicted octanol–water partition coefficient (Wildman–Crippen LogP) is 4.20. The summed E-state index contributed by atoms with van der Waals surface area (Å²) in [5, 5.41) is 17.1. The topological polar surface area (TPSA) is 83.8 Å². The Bertz CT molecular complexity index is 1020. The molecule has 1 heterocycles. The third-order valence-electron chi connectivity index (χ3n) is 3.73. The first kappa shape index (κ1) is 18.5. The number of phenolic OH excluding ortho intramolecular Hbond substituents is 1. The van der Waals surface area contributed by atoms with E-state index in [4.69, 9.17) is 0 Å². The highest BCUT2D eigenvalue weighted by Gasteiger charge is 2.15. The second-order valence-corrected chi connectivity index (χ2v) is 6.45. The molecule has 2 N–H and O–H groups in total. The maximum Gasteiger partial charge on any atom is 0.337 e. The molecule has 1 aromatic heterocycles. The van der Waals surface area contributed by atoms with E-state index < -0.39 is 11.8 Å². The average Bonchev–Trinajstić information content (AvgIpc) is 3.08. The zero-order chi connectivity index (χ0) is 19.4. The molecule has 0 atom stereocenters. The number of rotatable bonds is 5. The summed E-state index contributed by atoms with van der Waals surface area (Å²) in [6.07, 6.45) is 1.41. The lowest BCUT2D eigenvalue weighted by molar-refractivity contribution is 0.0600. The highest BCUT2D eigenvalue weighted by atomic mass is 32.1. The first-order valence-corrected chi connectivity index (χ1v) is 8.79. The van der Waals surface area contributed by atoms with Gasteiger partial charge in [-0.05, 0) is 31.2 Å². The van der Waals surface area contributed by atoms with Crippen LogP contribution in [0.1, 0.15) is 21.6 Å². The van der Waals surface area contributed by atoms with Gasteiger partial charge in [0.25, 0.3) is 0 Å². The minimum absolute atomic E-state index is 0.0918. The predicted molar refractivity (Wildman–Crippen MR) is 103 cm³/mol. The molecule has 0 bridgehead atoms. The van der Waals surface area contributed by atoms with Gasteiger partial charge in [0.05, 0.1) is 24.6 Å². The summed E-state index contributed by atoms with van der Waals surface area (Å²) in [7, 11) is 1.25. The van der Waals surface area contributed by atoms with Gasteiger partial charge in [-0.15, -0.1) is 11.3 Å². The zero-order valence-electron chi connectivity index (χ0n) is 14.6. The van der Waals surface area contributed by atoms with Crippen LogP contribution in [0.4, 0.5) is 9.52 Å². The normalized spacial score (nSPS) is 10.9. The lowest BCUT2D eigenvalue weighted by Crippen LogP contribution is -2.02. The monoisotopic (exact) mass is 385 g/mol. The molecule has 0 aliphatic heterocycles. The van der Waals surface area contributed by atoms with Crippen LogP contribution in [0.2, 0.25) is 0 Å². The largest absolute Gasteiger partial charge is 0.507 e. The fourth-order valence-electron chi connectivity index (χ4n) is 2.42. The standard InChI is InChI=1S/C19H16FN3O3S/c1-11-10-27-19(22-11)23-21-9-13-4-3-5-14(17(13)24)15-8-12(18(25)26-2)6-7-16(15)20/h3-10,24H,1-2H3,(H,22,23). The zero-order valence-corrected chi connectivity index (χ0v) is 15.4. The van der Waals surface area contributed by atoms with Crippen LogP contribution >= 0.6 is 11.3 Å². The molecule has 0 aliphatic carbocycles. The molecule has 0 fully saturated rings. The number of carbonyl (C=O) groups excluding carboxylic acids is 1. The van der Waals surface area contributed by atoms with Crippen LogP contribution in [0.25, 0.3) is 11.1 Å². The van der Waals surface area contributed by atoms with E-state index in [1.165, 1.54) is 36.8 Å². The number of halogens is 1. The van der Waals surface area contributed by atoms with Gasteiger partial charge in [-0.2, -0.15) is 5.10 Å². The highest BCUT2D eigenvalue weighted by Crippen LogP contribution is 2.34. The smallest absolute Gasteiger partial charge is 0.337 e. The first-order valence-electron chi connectivity index (χ1n) is 7.91. The molecule has 0 amide bonds. The third kappa shape index (κ3) is 4.12. The average molecular weight is 385 g/mol. The van der Waals surface area contributed by atoms with Crippen molar-refractivity contribution in [3.8, 4) is 16.9 Å². The van der Waals surface area contributed by atoms with Crippen LogP contribution in [-0.2, 0) is 4.74 Å². The first-order chi connectivity index (χ1) is 13.0. The molecule has 2 aromatic carbocycles. The lowest BCUT2D eigenvalue weighted by atomic mass is 9.99. The number of aromatic nitrogens is 1. The summed E-state index contributed by atoms with van der Waals surface area (Å²) in [4.78, 5) is 15.9. The SMILES string of the molecule is COC(=O)c1ccc(F)c(-c2cccc(C=NNc3nc(C)cs3)c2O)c1. The summed E-state index contributed by atoms with van der Waals surface area (Å²) in [6, 6.07) is 8.69. The van der Waals surface area contributed by atoms with Gasteiger partial charge in [0.1, 0.15) is 11.6 Å². The van der Waals surface area contributed by atoms with Gasteiger partial charge in [0, 0.05) is 22.1 Å².